The number of aromatic amines is 1. The fourth-order valence-electron chi connectivity index (χ4n) is 1.99. The summed E-state index contributed by atoms with van der Waals surface area (Å²) in [4.78, 5) is 30.1. The SMILES string of the molecule is CCCCc1nc(-c2ccccc2)c(C(=O)O)c(=O)[nH]1. The first-order valence-corrected chi connectivity index (χ1v) is 6.55. The summed E-state index contributed by atoms with van der Waals surface area (Å²) in [5.41, 5.74) is -0.0457. The van der Waals surface area contributed by atoms with Gasteiger partial charge in [-0.25, -0.2) is 9.78 Å². The number of hydrogen-bond donors (Lipinski definition) is 2. The van der Waals surface area contributed by atoms with Crippen LogP contribution < -0.4 is 5.56 Å². The number of carboxylic acid groups (broad SMARTS) is 1. The number of hydrogen-bond acceptors (Lipinski definition) is 3. The summed E-state index contributed by atoms with van der Waals surface area (Å²) in [6.45, 7) is 2.04. The highest BCUT2D eigenvalue weighted by Crippen LogP contribution is 2.19. The van der Waals surface area contributed by atoms with Crippen molar-refractivity contribution in [3.63, 3.8) is 0 Å². The van der Waals surface area contributed by atoms with Crippen LogP contribution in [0.15, 0.2) is 35.1 Å². The number of carbonyl (C=O) groups is 1. The topological polar surface area (TPSA) is 83.0 Å². The molecule has 0 aliphatic rings. The number of nitrogens with zero attached hydrogens (tertiary/aromatic N) is 1. The number of aromatic nitrogens is 2. The second-order valence-corrected chi connectivity index (χ2v) is 4.51. The highest BCUT2D eigenvalue weighted by Gasteiger charge is 2.19. The van der Waals surface area contributed by atoms with Crippen LogP contribution in [0.2, 0.25) is 0 Å². The fourth-order valence-corrected chi connectivity index (χ4v) is 1.99. The van der Waals surface area contributed by atoms with E-state index in [1.54, 1.807) is 24.3 Å². The summed E-state index contributed by atoms with van der Waals surface area (Å²) in [6, 6.07) is 8.90. The molecule has 0 atom stereocenters. The van der Waals surface area contributed by atoms with Crippen LogP contribution in [0.25, 0.3) is 11.3 Å². The Balaban J connectivity index is 2.59. The average Bonchev–Trinajstić information content (AvgIpc) is 2.45. The fraction of sp³-hybridized carbons (Fsp3) is 0.267. The summed E-state index contributed by atoms with van der Waals surface area (Å²) in [5.74, 6) is -0.736. The first-order valence-electron chi connectivity index (χ1n) is 6.55. The van der Waals surface area contributed by atoms with Crippen LogP contribution in [-0.2, 0) is 6.42 Å². The van der Waals surface area contributed by atoms with E-state index in [4.69, 9.17) is 0 Å². The lowest BCUT2D eigenvalue weighted by Gasteiger charge is -2.07. The van der Waals surface area contributed by atoms with Crippen molar-refractivity contribution in [3.05, 3.63) is 52.1 Å². The standard InChI is InChI=1S/C15H16N2O3/c1-2-3-9-11-16-13(10-7-5-4-6-8-10)12(15(19)20)14(18)17-11/h4-8H,2-3,9H2,1H3,(H,19,20)(H,16,17,18). The molecular weight excluding hydrogens is 256 g/mol. The predicted octanol–water partition coefficient (Wildman–Crippen LogP) is 2.48. The van der Waals surface area contributed by atoms with Crippen molar-refractivity contribution in [1.82, 2.24) is 9.97 Å². The Morgan fingerprint density at radius 2 is 2.00 bits per heavy atom. The van der Waals surface area contributed by atoms with Crippen LogP contribution in [0.1, 0.15) is 35.9 Å². The van der Waals surface area contributed by atoms with Crippen LogP contribution in [-0.4, -0.2) is 21.0 Å². The smallest absolute Gasteiger partial charge is 0.343 e. The minimum atomic E-state index is -1.26. The van der Waals surface area contributed by atoms with Crippen molar-refractivity contribution in [2.24, 2.45) is 0 Å². The maximum absolute atomic E-state index is 12.0. The van der Waals surface area contributed by atoms with Gasteiger partial charge < -0.3 is 10.1 Å². The van der Waals surface area contributed by atoms with Crippen molar-refractivity contribution in [1.29, 1.82) is 0 Å². The van der Waals surface area contributed by atoms with Gasteiger partial charge in [0.25, 0.3) is 5.56 Å². The lowest BCUT2D eigenvalue weighted by molar-refractivity contribution is 0.0695. The maximum Gasteiger partial charge on any atom is 0.343 e. The van der Waals surface area contributed by atoms with Crippen LogP contribution in [0.4, 0.5) is 0 Å². The average molecular weight is 272 g/mol. The van der Waals surface area contributed by atoms with Crippen molar-refractivity contribution in [2.45, 2.75) is 26.2 Å². The van der Waals surface area contributed by atoms with Gasteiger partial charge in [0.15, 0.2) is 5.56 Å². The Morgan fingerprint density at radius 1 is 1.30 bits per heavy atom. The van der Waals surface area contributed by atoms with Crippen LogP contribution in [0.5, 0.6) is 0 Å². The predicted molar refractivity (Wildman–Crippen MR) is 75.9 cm³/mol. The van der Waals surface area contributed by atoms with E-state index < -0.39 is 11.5 Å². The third-order valence-corrected chi connectivity index (χ3v) is 3.00. The van der Waals surface area contributed by atoms with E-state index in [0.29, 0.717) is 17.8 Å². The molecule has 104 valence electrons. The Morgan fingerprint density at radius 3 is 2.60 bits per heavy atom. The Labute approximate surface area is 116 Å². The van der Waals surface area contributed by atoms with Gasteiger partial charge in [-0.2, -0.15) is 0 Å². The second-order valence-electron chi connectivity index (χ2n) is 4.51. The molecule has 2 aromatic rings. The van der Waals surface area contributed by atoms with Gasteiger partial charge in [0.05, 0.1) is 5.69 Å². The van der Waals surface area contributed by atoms with Gasteiger partial charge >= 0.3 is 5.97 Å². The van der Waals surface area contributed by atoms with Crippen molar-refractivity contribution in [3.8, 4) is 11.3 Å². The van der Waals surface area contributed by atoms with Crippen molar-refractivity contribution in [2.75, 3.05) is 0 Å². The van der Waals surface area contributed by atoms with Gasteiger partial charge in [0.1, 0.15) is 5.82 Å². The number of benzene rings is 1. The zero-order valence-electron chi connectivity index (χ0n) is 11.2. The summed E-state index contributed by atoms with van der Waals surface area (Å²) in [7, 11) is 0. The van der Waals surface area contributed by atoms with E-state index in [2.05, 4.69) is 9.97 Å². The molecule has 5 nitrogen and oxygen atoms in total. The molecule has 0 amide bonds. The van der Waals surface area contributed by atoms with Crippen LogP contribution >= 0.6 is 0 Å². The molecule has 1 aromatic carbocycles. The molecule has 0 saturated heterocycles. The first kappa shape index (κ1) is 14.0. The quantitative estimate of drug-likeness (QED) is 0.875. The van der Waals surface area contributed by atoms with E-state index in [1.165, 1.54) is 0 Å². The normalized spacial score (nSPS) is 10.4. The minimum absolute atomic E-state index is 0.230. The monoisotopic (exact) mass is 272 g/mol. The lowest BCUT2D eigenvalue weighted by atomic mass is 10.1. The van der Waals surface area contributed by atoms with Gasteiger partial charge in [-0.05, 0) is 6.42 Å². The van der Waals surface area contributed by atoms with Gasteiger partial charge in [0.2, 0.25) is 0 Å². The molecule has 1 aromatic heterocycles. The Kier molecular flexibility index (Phi) is 4.30. The van der Waals surface area contributed by atoms with Gasteiger partial charge in [-0.3, -0.25) is 4.79 Å². The highest BCUT2D eigenvalue weighted by atomic mass is 16.4. The molecule has 0 saturated carbocycles. The maximum atomic E-state index is 12.0. The number of carboxylic acids is 1. The first-order chi connectivity index (χ1) is 9.63. The Bertz CT molecular complexity index is 663. The summed E-state index contributed by atoms with van der Waals surface area (Å²) in [6.07, 6.45) is 2.50. The molecule has 2 N–H and O–H groups in total. The zero-order valence-corrected chi connectivity index (χ0v) is 11.2. The summed E-state index contributed by atoms with van der Waals surface area (Å²) in [5, 5.41) is 9.21. The third-order valence-electron chi connectivity index (χ3n) is 3.00. The number of rotatable bonds is 5. The van der Waals surface area contributed by atoms with Gasteiger partial charge in [-0.1, -0.05) is 43.7 Å². The summed E-state index contributed by atoms with van der Waals surface area (Å²) >= 11 is 0. The van der Waals surface area contributed by atoms with E-state index in [1.807, 2.05) is 13.0 Å². The molecule has 1 heterocycles. The molecule has 0 aliphatic carbocycles. The van der Waals surface area contributed by atoms with Gasteiger partial charge in [-0.15, -0.1) is 0 Å². The molecule has 0 aliphatic heterocycles. The number of nitrogens with one attached hydrogen (secondary N) is 1. The lowest BCUT2D eigenvalue weighted by Crippen LogP contribution is -2.22. The van der Waals surface area contributed by atoms with Crippen LogP contribution in [0, 0.1) is 0 Å². The summed E-state index contributed by atoms with van der Waals surface area (Å²) < 4.78 is 0. The molecule has 2 rings (SSSR count). The number of unbranched alkanes of at least 4 members (excludes halogenated alkanes) is 1. The van der Waals surface area contributed by atoms with Crippen LogP contribution in [0.3, 0.4) is 0 Å². The number of aromatic carboxylic acids is 1. The largest absolute Gasteiger partial charge is 0.477 e. The molecule has 0 spiro atoms. The highest BCUT2D eigenvalue weighted by molar-refractivity contribution is 5.94. The molecule has 0 bridgehead atoms. The molecule has 20 heavy (non-hydrogen) atoms. The number of H-pyrrole nitrogens is 1. The van der Waals surface area contributed by atoms with Crippen molar-refractivity contribution < 1.29 is 9.90 Å². The van der Waals surface area contributed by atoms with E-state index >= 15 is 0 Å². The Hall–Kier alpha value is -2.43. The van der Waals surface area contributed by atoms with E-state index in [-0.39, 0.29) is 11.3 Å². The third kappa shape index (κ3) is 2.93. The van der Waals surface area contributed by atoms with Crippen molar-refractivity contribution >= 4 is 5.97 Å². The van der Waals surface area contributed by atoms with E-state index in [9.17, 15) is 14.7 Å². The number of aryl methyl sites for hydroxylation is 1. The molecule has 0 fully saturated rings. The second kappa shape index (κ2) is 6.14. The molecule has 0 radical (unpaired) electrons. The molecule has 5 heteroatoms. The minimum Gasteiger partial charge on any atom is -0.477 e. The van der Waals surface area contributed by atoms with E-state index in [0.717, 1.165) is 12.8 Å². The van der Waals surface area contributed by atoms with Gasteiger partial charge in [0, 0.05) is 12.0 Å². The zero-order chi connectivity index (χ0) is 14.5. The molecular formula is C15H16N2O3. The molecule has 0 unspecified atom stereocenters.